The van der Waals surface area contributed by atoms with Crippen LogP contribution >= 0.6 is 0 Å². The number of hydrogen-bond acceptors (Lipinski definition) is 6. The molecular weight excluding hydrogens is 340 g/mol. The van der Waals surface area contributed by atoms with Crippen LogP contribution in [-0.2, 0) is 20.8 Å². The number of rotatable bonds is 6. The summed E-state index contributed by atoms with van der Waals surface area (Å²) in [5.41, 5.74) is 0.965. The zero-order chi connectivity index (χ0) is 18.8. The van der Waals surface area contributed by atoms with Gasteiger partial charge in [0.15, 0.2) is 0 Å². The molecule has 1 aromatic rings. The minimum absolute atomic E-state index is 0.0459. The van der Waals surface area contributed by atoms with Gasteiger partial charge < -0.3 is 5.11 Å². The molecule has 1 unspecified atom stereocenters. The highest BCUT2D eigenvalue weighted by atomic mass is 16.3. The molecule has 26 heavy (non-hydrogen) atoms. The molecule has 4 amide bonds. The number of benzene rings is 1. The molecule has 136 valence electrons. The summed E-state index contributed by atoms with van der Waals surface area (Å²) in [4.78, 5) is 61.4. The number of imide groups is 2. The number of Topliss-reactive ketones (excluding diaryl/α,β-unsaturated/α-hetero) is 1. The Morgan fingerprint density at radius 2 is 1.92 bits per heavy atom. The summed E-state index contributed by atoms with van der Waals surface area (Å²) in [6, 6.07) is 3.80. The van der Waals surface area contributed by atoms with Gasteiger partial charge in [0.05, 0.1) is 11.1 Å². The highest BCUT2D eigenvalue weighted by Crippen LogP contribution is 2.30. The predicted octanol–water partition coefficient (Wildman–Crippen LogP) is -0.0281. The van der Waals surface area contributed by atoms with E-state index in [0.717, 1.165) is 4.90 Å². The molecule has 2 aliphatic rings. The lowest BCUT2D eigenvalue weighted by Crippen LogP contribution is -2.54. The first kappa shape index (κ1) is 17.9. The number of nitrogens with zero attached hydrogens (tertiary/aromatic N) is 1. The predicted molar refractivity (Wildman–Crippen MR) is 88.1 cm³/mol. The van der Waals surface area contributed by atoms with Crippen LogP contribution in [0.3, 0.4) is 0 Å². The third kappa shape index (κ3) is 3.15. The number of hydrogen-bond donors (Lipinski definition) is 2. The van der Waals surface area contributed by atoms with Crippen molar-refractivity contribution < 1.29 is 29.1 Å². The first-order valence-corrected chi connectivity index (χ1v) is 8.40. The molecule has 3 rings (SSSR count). The van der Waals surface area contributed by atoms with E-state index in [4.69, 9.17) is 5.11 Å². The summed E-state index contributed by atoms with van der Waals surface area (Å²) in [6.07, 6.45) is 0.623. The lowest BCUT2D eigenvalue weighted by atomic mass is 9.97. The first-order valence-electron chi connectivity index (χ1n) is 8.40. The smallest absolute Gasteiger partial charge is 0.262 e. The number of carbonyl (C=O) groups is 5. The van der Waals surface area contributed by atoms with E-state index in [2.05, 4.69) is 5.32 Å². The normalized spacial score (nSPS) is 19.6. The third-order valence-electron chi connectivity index (χ3n) is 4.62. The van der Waals surface area contributed by atoms with Crippen molar-refractivity contribution in [2.45, 2.75) is 38.1 Å². The van der Waals surface area contributed by atoms with Crippen LogP contribution in [0.15, 0.2) is 18.2 Å². The number of amides is 4. The molecule has 0 bridgehead atoms. The lowest BCUT2D eigenvalue weighted by molar-refractivity contribution is -0.136. The van der Waals surface area contributed by atoms with E-state index in [-0.39, 0.29) is 55.6 Å². The zero-order valence-electron chi connectivity index (χ0n) is 14.0. The van der Waals surface area contributed by atoms with Crippen LogP contribution in [0.1, 0.15) is 52.0 Å². The molecule has 2 heterocycles. The Kier molecular flexibility index (Phi) is 4.94. The maximum Gasteiger partial charge on any atom is 0.262 e. The Morgan fingerprint density at radius 3 is 2.62 bits per heavy atom. The minimum Gasteiger partial charge on any atom is -0.396 e. The number of fused-ring (bicyclic) bond motifs is 1. The Bertz CT molecular complexity index is 816. The van der Waals surface area contributed by atoms with Gasteiger partial charge >= 0.3 is 0 Å². The summed E-state index contributed by atoms with van der Waals surface area (Å²) in [6.45, 7) is -0.230. The van der Waals surface area contributed by atoms with E-state index in [0.29, 0.717) is 5.56 Å². The Morgan fingerprint density at radius 1 is 1.15 bits per heavy atom. The van der Waals surface area contributed by atoms with Crippen LogP contribution in [0.25, 0.3) is 0 Å². The van der Waals surface area contributed by atoms with Gasteiger partial charge in [0.25, 0.3) is 11.8 Å². The Balaban J connectivity index is 1.86. The molecule has 1 aromatic carbocycles. The largest absolute Gasteiger partial charge is 0.396 e. The van der Waals surface area contributed by atoms with Gasteiger partial charge in [0, 0.05) is 25.9 Å². The van der Waals surface area contributed by atoms with Crippen LogP contribution in [0.2, 0.25) is 0 Å². The molecule has 2 N–H and O–H groups in total. The van der Waals surface area contributed by atoms with Crippen LogP contribution in [0.4, 0.5) is 0 Å². The summed E-state index contributed by atoms with van der Waals surface area (Å²) >= 11 is 0. The van der Waals surface area contributed by atoms with Crippen molar-refractivity contribution in [3.63, 3.8) is 0 Å². The third-order valence-corrected chi connectivity index (χ3v) is 4.62. The van der Waals surface area contributed by atoms with Gasteiger partial charge in [0.1, 0.15) is 11.8 Å². The average molecular weight is 358 g/mol. The van der Waals surface area contributed by atoms with Crippen molar-refractivity contribution in [1.29, 1.82) is 0 Å². The summed E-state index contributed by atoms with van der Waals surface area (Å²) in [7, 11) is 0. The van der Waals surface area contributed by atoms with E-state index in [1.54, 1.807) is 12.1 Å². The molecule has 0 aliphatic carbocycles. The SMILES string of the molecule is O=C(CCO)CCc1cccc2c1C(=O)N(C1CCC(=O)NC1=O)C2=O. The molecule has 0 saturated carbocycles. The van der Waals surface area contributed by atoms with Crippen molar-refractivity contribution in [2.24, 2.45) is 0 Å². The molecule has 8 nitrogen and oxygen atoms in total. The van der Waals surface area contributed by atoms with Crippen molar-refractivity contribution >= 4 is 29.4 Å². The summed E-state index contributed by atoms with van der Waals surface area (Å²) in [5.74, 6) is -2.36. The number of ketones is 1. The first-order chi connectivity index (χ1) is 12.4. The summed E-state index contributed by atoms with van der Waals surface area (Å²) in [5, 5.41) is 11.0. The number of aliphatic hydroxyl groups excluding tert-OH is 1. The van der Waals surface area contributed by atoms with E-state index >= 15 is 0 Å². The fourth-order valence-corrected chi connectivity index (χ4v) is 3.32. The molecule has 0 radical (unpaired) electrons. The van der Waals surface area contributed by atoms with Crippen LogP contribution in [0.5, 0.6) is 0 Å². The second-order valence-electron chi connectivity index (χ2n) is 6.30. The Labute approximate surface area is 149 Å². The summed E-state index contributed by atoms with van der Waals surface area (Å²) < 4.78 is 0. The number of aliphatic hydroxyl groups is 1. The highest BCUT2D eigenvalue weighted by Gasteiger charge is 2.45. The van der Waals surface area contributed by atoms with Gasteiger partial charge in [0.2, 0.25) is 11.8 Å². The molecular formula is C18H18N2O6. The van der Waals surface area contributed by atoms with E-state index in [1.165, 1.54) is 6.07 Å². The number of aryl methyl sites for hydroxylation is 1. The number of nitrogens with one attached hydrogen (secondary N) is 1. The molecule has 2 aliphatic heterocycles. The fraction of sp³-hybridized carbons (Fsp3) is 0.389. The monoisotopic (exact) mass is 358 g/mol. The highest BCUT2D eigenvalue weighted by molar-refractivity contribution is 6.24. The topological polar surface area (TPSA) is 121 Å². The van der Waals surface area contributed by atoms with Crippen molar-refractivity contribution in [1.82, 2.24) is 10.2 Å². The van der Waals surface area contributed by atoms with Crippen LogP contribution in [0, 0.1) is 0 Å². The second kappa shape index (κ2) is 7.17. The van der Waals surface area contributed by atoms with Gasteiger partial charge in [-0.1, -0.05) is 12.1 Å². The fourth-order valence-electron chi connectivity index (χ4n) is 3.32. The van der Waals surface area contributed by atoms with Gasteiger partial charge in [-0.05, 0) is 24.5 Å². The molecule has 1 fully saturated rings. The van der Waals surface area contributed by atoms with Crippen molar-refractivity contribution in [3.8, 4) is 0 Å². The maximum atomic E-state index is 12.8. The van der Waals surface area contributed by atoms with E-state index in [9.17, 15) is 24.0 Å². The standard InChI is InChI=1S/C18H18N2O6/c21-9-8-11(22)5-4-10-2-1-3-12-15(10)18(26)20(17(12)25)13-6-7-14(23)19-16(13)24/h1-3,13,21H,4-9H2,(H,19,23,24). The van der Waals surface area contributed by atoms with Gasteiger partial charge in [-0.15, -0.1) is 0 Å². The van der Waals surface area contributed by atoms with Crippen molar-refractivity contribution in [3.05, 3.63) is 34.9 Å². The molecule has 8 heteroatoms. The minimum atomic E-state index is -1.01. The van der Waals surface area contributed by atoms with Crippen molar-refractivity contribution in [2.75, 3.05) is 6.61 Å². The van der Waals surface area contributed by atoms with E-state index < -0.39 is 29.7 Å². The van der Waals surface area contributed by atoms with Gasteiger partial charge in [-0.3, -0.25) is 34.2 Å². The second-order valence-corrected chi connectivity index (χ2v) is 6.30. The molecule has 0 aromatic heterocycles. The average Bonchev–Trinajstić information content (AvgIpc) is 2.85. The zero-order valence-corrected chi connectivity index (χ0v) is 14.0. The van der Waals surface area contributed by atoms with Crippen LogP contribution < -0.4 is 5.32 Å². The maximum absolute atomic E-state index is 12.8. The number of carbonyl (C=O) groups excluding carboxylic acids is 5. The van der Waals surface area contributed by atoms with Gasteiger partial charge in [-0.25, -0.2) is 0 Å². The lowest BCUT2D eigenvalue weighted by Gasteiger charge is -2.27. The van der Waals surface area contributed by atoms with Gasteiger partial charge in [-0.2, -0.15) is 0 Å². The van der Waals surface area contributed by atoms with E-state index in [1.807, 2.05) is 0 Å². The molecule has 0 spiro atoms. The quantitative estimate of drug-likeness (QED) is 0.689. The Hall–Kier alpha value is -2.87. The number of piperidine rings is 1. The molecule has 1 atom stereocenters. The molecule has 1 saturated heterocycles. The van der Waals surface area contributed by atoms with Crippen LogP contribution in [-0.4, -0.2) is 52.1 Å².